The second kappa shape index (κ2) is 4.22. The number of benzene rings is 1. The van der Waals surface area contributed by atoms with Gasteiger partial charge in [-0.15, -0.1) is 0 Å². The number of carbonyl (C=O) groups excluding carboxylic acids is 1. The van der Waals surface area contributed by atoms with Crippen LogP contribution in [0.5, 0.6) is 0 Å². The molecule has 1 heterocycles. The lowest BCUT2D eigenvalue weighted by molar-refractivity contribution is -0.183. The van der Waals surface area contributed by atoms with Gasteiger partial charge in [0.2, 0.25) is 0 Å². The topological polar surface area (TPSA) is 35.5 Å². The second-order valence-corrected chi connectivity index (χ2v) is 4.03. The highest BCUT2D eigenvalue weighted by molar-refractivity contribution is 5.78. The highest BCUT2D eigenvalue weighted by Crippen LogP contribution is 2.33. The predicted molar refractivity (Wildman–Crippen MR) is 55.4 cm³/mol. The van der Waals surface area contributed by atoms with E-state index in [1.165, 1.54) is 13.2 Å². The number of halogens is 1. The van der Waals surface area contributed by atoms with Gasteiger partial charge in [-0.25, -0.2) is 4.39 Å². The molecule has 0 aliphatic carbocycles. The summed E-state index contributed by atoms with van der Waals surface area (Å²) in [5.41, 5.74) is -0.173. The Hall–Kier alpha value is -1.42. The van der Waals surface area contributed by atoms with Crippen molar-refractivity contribution in [2.24, 2.45) is 5.41 Å². The fraction of sp³-hybridized carbons (Fsp3) is 0.417. The minimum absolute atomic E-state index is 0.294. The van der Waals surface area contributed by atoms with Crippen molar-refractivity contribution in [3.05, 3.63) is 35.6 Å². The Morgan fingerprint density at radius 3 is 2.69 bits per heavy atom. The average Bonchev–Trinajstić information content (AvgIpc) is 2.25. The Labute approximate surface area is 93.2 Å². The van der Waals surface area contributed by atoms with Crippen LogP contribution in [0.2, 0.25) is 0 Å². The SMILES string of the molecule is COC(=O)C1(Cc2ccccc2F)COC1. The minimum Gasteiger partial charge on any atom is -0.468 e. The molecule has 0 amide bonds. The number of hydrogen-bond donors (Lipinski definition) is 0. The number of carbonyl (C=O) groups is 1. The van der Waals surface area contributed by atoms with Gasteiger partial charge in [-0.05, 0) is 18.1 Å². The molecule has 3 nitrogen and oxygen atoms in total. The summed E-state index contributed by atoms with van der Waals surface area (Å²) in [5, 5.41) is 0. The monoisotopic (exact) mass is 224 g/mol. The molecule has 0 unspecified atom stereocenters. The summed E-state index contributed by atoms with van der Waals surface area (Å²) in [6, 6.07) is 6.45. The molecule has 0 aromatic heterocycles. The molecule has 0 bridgehead atoms. The Morgan fingerprint density at radius 1 is 1.50 bits per heavy atom. The van der Waals surface area contributed by atoms with Crippen LogP contribution in [0.1, 0.15) is 5.56 Å². The quantitative estimate of drug-likeness (QED) is 0.731. The molecule has 0 N–H and O–H groups in total. The first kappa shape index (κ1) is 11.1. The summed E-state index contributed by atoms with van der Waals surface area (Å²) in [4.78, 5) is 11.6. The van der Waals surface area contributed by atoms with Crippen molar-refractivity contribution in [3.63, 3.8) is 0 Å². The van der Waals surface area contributed by atoms with Crippen molar-refractivity contribution < 1.29 is 18.7 Å². The number of rotatable bonds is 3. The van der Waals surface area contributed by atoms with Crippen LogP contribution >= 0.6 is 0 Å². The van der Waals surface area contributed by atoms with E-state index in [1.54, 1.807) is 18.2 Å². The second-order valence-electron chi connectivity index (χ2n) is 4.03. The van der Waals surface area contributed by atoms with Crippen LogP contribution in [0.25, 0.3) is 0 Å². The molecule has 1 saturated heterocycles. The molecule has 2 rings (SSSR count). The maximum absolute atomic E-state index is 13.5. The van der Waals surface area contributed by atoms with Gasteiger partial charge in [0.1, 0.15) is 11.2 Å². The van der Waals surface area contributed by atoms with Crippen LogP contribution in [-0.2, 0) is 20.7 Å². The molecular formula is C12H13FO3. The first-order valence-electron chi connectivity index (χ1n) is 5.07. The molecule has 1 aromatic rings. The van der Waals surface area contributed by atoms with Gasteiger partial charge in [-0.1, -0.05) is 18.2 Å². The lowest BCUT2D eigenvalue weighted by atomic mass is 9.79. The van der Waals surface area contributed by atoms with Crippen molar-refractivity contribution in [2.45, 2.75) is 6.42 Å². The van der Waals surface area contributed by atoms with Gasteiger partial charge in [0, 0.05) is 0 Å². The van der Waals surface area contributed by atoms with E-state index in [2.05, 4.69) is 0 Å². The smallest absolute Gasteiger partial charge is 0.316 e. The van der Waals surface area contributed by atoms with Crippen LogP contribution in [0.15, 0.2) is 24.3 Å². The average molecular weight is 224 g/mol. The van der Waals surface area contributed by atoms with Crippen molar-refractivity contribution in [3.8, 4) is 0 Å². The van der Waals surface area contributed by atoms with E-state index in [0.29, 0.717) is 25.2 Å². The largest absolute Gasteiger partial charge is 0.468 e. The Morgan fingerprint density at radius 2 is 2.19 bits per heavy atom. The molecule has 0 saturated carbocycles. The summed E-state index contributed by atoms with van der Waals surface area (Å²) in [6.07, 6.45) is 0.326. The van der Waals surface area contributed by atoms with Crippen molar-refractivity contribution in [1.29, 1.82) is 0 Å². The van der Waals surface area contributed by atoms with Crippen molar-refractivity contribution in [1.82, 2.24) is 0 Å². The van der Waals surface area contributed by atoms with Gasteiger partial charge in [-0.3, -0.25) is 4.79 Å². The van der Waals surface area contributed by atoms with E-state index in [9.17, 15) is 9.18 Å². The third-order valence-electron chi connectivity index (χ3n) is 2.86. The maximum atomic E-state index is 13.5. The third-order valence-corrected chi connectivity index (χ3v) is 2.86. The van der Waals surface area contributed by atoms with Crippen molar-refractivity contribution in [2.75, 3.05) is 20.3 Å². The first-order valence-corrected chi connectivity index (χ1v) is 5.07. The van der Waals surface area contributed by atoms with E-state index < -0.39 is 5.41 Å². The summed E-state index contributed by atoms with van der Waals surface area (Å²) < 4.78 is 23.2. The van der Waals surface area contributed by atoms with Crippen LogP contribution in [-0.4, -0.2) is 26.3 Å². The summed E-state index contributed by atoms with van der Waals surface area (Å²) >= 11 is 0. The van der Waals surface area contributed by atoms with Crippen LogP contribution in [0, 0.1) is 11.2 Å². The standard InChI is InChI=1S/C12H13FO3/c1-15-11(14)12(7-16-8-12)6-9-4-2-3-5-10(9)13/h2-5H,6-8H2,1H3. The Kier molecular flexibility index (Phi) is 2.92. The summed E-state index contributed by atoms with van der Waals surface area (Å²) in [7, 11) is 1.34. The van der Waals surface area contributed by atoms with E-state index in [1.807, 2.05) is 0 Å². The van der Waals surface area contributed by atoms with E-state index >= 15 is 0 Å². The van der Waals surface area contributed by atoms with E-state index in [4.69, 9.17) is 9.47 Å². The molecular weight excluding hydrogens is 211 g/mol. The van der Waals surface area contributed by atoms with Gasteiger partial charge in [0.05, 0.1) is 20.3 Å². The summed E-state index contributed by atoms with van der Waals surface area (Å²) in [6.45, 7) is 0.599. The lowest BCUT2D eigenvalue weighted by Crippen LogP contribution is -2.51. The molecule has 1 aromatic carbocycles. The van der Waals surface area contributed by atoms with Gasteiger partial charge in [-0.2, -0.15) is 0 Å². The van der Waals surface area contributed by atoms with Crippen molar-refractivity contribution >= 4 is 5.97 Å². The zero-order valence-corrected chi connectivity index (χ0v) is 9.03. The molecule has 0 radical (unpaired) electrons. The minimum atomic E-state index is -0.697. The molecule has 4 heteroatoms. The van der Waals surface area contributed by atoms with E-state index in [-0.39, 0.29) is 11.8 Å². The van der Waals surface area contributed by atoms with Crippen LogP contribution in [0.3, 0.4) is 0 Å². The van der Waals surface area contributed by atoms with E-state index in [0.717, 1.165) is 0 Å². The summed E-state index contributed by atoms with van der Waals surface area (Å²) in [5.74, 6) is -0.625. The molecule has 16 heavy (non-hydrogen) atoms. The zero-order chi connectivity index (χ0) is 11.6. The molecule has 0 spiro atoms. The molecule has 86 valence electrons. The van der Waals surface area contributed by atoms with Gasteiger partial charge in [0.15, 0.2) is 0 Å². The van der Waals surface area contributed by atoms with Gasteiger partial charge < -0.3 is 9.47 Å². The highest BCUT2D eigenvalue weighted by Gasteiger charge is 2.47. The molecule has 1 aliphatic rings. The molecule has 0 atom stereocenters. The third kappa shape index (κ3) is 1.80. The maximum Gasteiger partial charge on any atom is 0.316 e. The number of hydrogen-bond acceptors (Lipinski definition) is 3. The van der Waals surface area contributed by atoms with Crippen LogP contribution in [0.4, 0.5) is 4.39 Å². The fourth-order valence-corrected chi connectivity index (χ4v) is 1.86. The predicted octanol–water partition coefficient (Wildman–Crippen LogP) is 1.56. The number of esters is 1. The fourth-order valence-electron chi connectivity index (χ4n) is 1.86. The molecule has 1 fully saturated rings. The van der Waals surface area contributed by atoms with Crippen LogP contribution < -0.4 is 0 Å². The Balaban J connectivity index is 2.19. The number of methoxy groups -OCH3 is 1. The van der Waals surface area contributed by atoms with Gasteiger partial charge in [0.25, 0.3) is 0 Å². The Bertz CT molecular complexity index is 399. The lowest BCUT2D eigenvalue weighted by Gasteiger charge is -2.38. The van der Waals surface area contributed by atoms with Gasteiger partial charge >= 0.3 is 5.97 Å². The normalized spacial score (nSPS) is 17.6. The molecule has 1 aliphatic heterocycles. The number of ether oxygens (including phenoxy) is 2. The zero-order valence-electron chi connectivity index (χ0n) is 9.03. The highest BCUT2D eigenvalue weighted by atomic mass is 19.1. The first-order chi connectivity index (χ1) is 7.68.